The number of nitrogens with zero attached hydrogens (tertiary/aromatic N) is 3. The summed E-state index contributed by atoms with van der Waals surface area (Å²) in [5, 5.41) is 21.6. The highest BCUT2D eigenvalue weighted by Crippen LogP contribution is 2.34. The van der Waals surface area contributed by atoms with Crippen LogP contribution in [0.5, 0.6) is 11.5 Å². The Morgan fingerprint density at radius 1 is 0.781 bits per heavy atom. The standard InChI is InChI=1S/C46H65ClN6O11/c1-46(2,3)64-45(55)51-36-9-7-35(8-10-36)50-43-39(44(48)52-41-14-11-37(54)30-40(41)47)31-49-53-32-34(29-42(43)53)33-5-12-38(13-6-33)63-28-27-62-26-25-61-24-23-60-22-21-59-20-19-58-18-17-57-16-15-56-4/h5-6,11-14,29-32,35-36,50,54H,7-10,15-28H2,1-4H3,(H2,48,52)(H,51,55). The fourth-order valence-electron chi connectivity index (χ4n) is 6.70. The van der Waals surface area contributed by atoms with Gasteiger partial charge in [0.2, 0.25) is 0 Å². The second-order valence-electron chi connectivity index (χ2n) is 16.0. The number of amidine groups is 1. The highest BCUT2D eigenvalue weighted by molar-refractivity contribution is 6.33. The number of phenolic OH excluding ortho intramolecular Hbond substituents is 1. The van der Waals surface area contributed by atoms with E-state index in [9.17, 15) is 9.90 Å². The van der Waals surface area contributed by atoms with Crippen molar-refractivity contribution in [2.24, 2.45) is 10.7 Å². The van der Waals surface area contributed by atoms with Gasteiger partial charge in [-0.05, 0) is 82.3 Å². The van der Waals surface area contributed by atoms with Gasteiger partial charge < -0.3 is 64.1 Å². The van der Waals surface area contributed by atoms with Crippen LogP contribution in [-0.2, 0) is 37.9 Å². The van der Waals surface area contributed by atoms with Crippen molar-refractivity contribution in [3.63, 3.8) is 0 Å². The average molecular weight is 914 g/mol. The SMILES string of the molecule is COCCOCCOCCOCCOCCOCCOCCOc1ccc(-c2cc3c(NC4CCC(NC(=O)OC(C)(C)C)CC4)c(C(N)=Nc4ccc(O)cc4Cl)cnn3c2)cc1. The Labute approximate surface area is 380 Å². The van der Waals surface area contributed by atoms with Crippen molar-refractivity contribution < 1.29 is 52.5 Å². The van der Waals surface area contributed by atoms with Gasteiger partial charge >= 0.3 is 6.09 Å². The van der Waals surface area contributed by atoms with Gasteiger partial charge in [-0.1, -0.05) is 23.7 Å². The van der Waals surface area contributed by atoms with Gasteiger partial charge in [0.15, 0.2) is 0 Å². The number of rotatable bonds is 28. The molecule has 17 nitrogen and oxygen atoms in total. The number of hydrogen-bond donors (Lipinski definition) is 4. The van der Waals surface area contributed by atoms with Gasteiger partial charge in [-0.15, -0.1) is 0 Å². The van der Waals surface area contributed by atoms with Crippen molar-refractivity contribution in [1.29, 1.82) is 0 Å². The Kier molecular flexibility index (Phi) is 21.2. The van der Waals surface area contributed by atoms with Crippen molar-refractivity contribution in [2.75, 3.05) is 105 Å². The first-order valence-corrected chi connectivity index (χ1v) is 22.2. The Hall–Kier alpha value is -4.72. The van der Waals surface area contributed by atoms with Gasteiger partial charge in [0.25, 0.3) is 0 Å². The molecule has 0 spiro atoms. The molecule has 2 heterocycles. The molecule has 1 saturated carbocycles. The van der Waals surface area contributed by atoms with E-state index < -0.39 is 11.7 Å². The number of aromatic nitrogens is 2. The maximum absolute atomic E-state index is 12.4. The number of halogens is 1. The van der Waals surface area contributed by atoms with Crippen LogP contribution in [0, 0.1) is 0 Å². The highest BCUT2D eigenvalue weighted by Gasteiger charge is 2.26. The number of carbonyl (C=O) groups excluding carboxylic acids is 1. The first-order chi connectivity index (χ1) is 31.0. The topological polar surface area (TPSA) is 200 Å². The molecular weight excluding hydrogens is 848 g/mol. The number of aromatic hydroxyl groups is 1. The fraction of sp³-hybridized carbons (Fsp3) is 0.543. The monoisotopic (exact) mass is 912 g/mol. The maximum atomic E-state index is 12.4. The molecule has 64 heavy (non-hydrogen) atoms. The van der Waals surface area contributed by atoms with E-state index in [1.54, 1.807) is 19.4 Å². The van der Waals surface area contributed by atoms with Gasteiger partial charge in [0.1, 0.15) is 29.5 Å². The number of benzene rings is 2. The van der Waals surface area contributed by atoms with Crippen LogP contribution in [0.2, 0.25) is 5.02 Å². The first kappa shape index (κ1) is 50.3. The van der Waals surface area contributed by atoms with Crippen molar-refractivity contribution in [2.45, 2.75) is 64.1 Å². The summed E-state index contributed by atoms with van der Waals surface area (Å²) in [5.41, 5.74) is 10.6. The molecule has 18 heteroatoms. The number of methoxy groups -OCH3 is 1. The number of nitrogens with one attached hydrogen (secondary N) is 2. The summed E-state index contributed by atoms with van der Waals surface area (Å²) in [4.78, 5) is 17.1. The number of fused-ring (bicyclic) bond motifs is 1. The van der Waals surface area contributed by atoms with Crippen LogP contribution >= 0.6 is 11.6 Å². The molecule has 1 aliphatic carbocycles. The van der Waals surface area contributed by atoms with E-state index in [1.807, 2.05) is 55.7 Å². The van der Waals surface area contributed by atoms with Gasteiger partial charge in [-0.25, -0.2) is 14.3 Å². The lowest BCUT2D eigenvalue weighted by atomic mass is 9.91. The van der Waals surface area contributed by atoms with E-state index in [4.69, 9.17) is 65.1 Å². The number of nitrogens with two attached hydrogens (primary N) is 1. The zero-order valence-electron chi connectivity index (χ0n) is 37.5. The molecule has 352 valence electrons. The number of aliphatic imine (C=N–C) groups is 1. The Bertz CT molecular complexity index is 2020. The third-order valence-electron chi connectivity index (χ3n) is 9.86. The Morgan fingerprint density at radius 2 is 1.33 bits per heavy atom. The minimum atomic E-state index is -0.565. The lowest BCUT2D eigenvalue weighted by Gasteiger charge is -2.31. The quantitative estimate of drug-likeness (QED) is 0.0264. The lowest BCUT2D eigenvalue weighted by molar-refractivity contribution is -0.0199. The minimum Gasteiger partial charge on any atom is -0.508 e. The second kappa shape index (κ2) is 26.9. The average Bonchev–Trinajstić information content (AvgIpc) is 3.70. The van der Waals surface area contributed by atoms with Crippen LogP contribution in [0.4, 0.5) is 16.2 Å². The van der Waals surface area contributed by atoms with Crippen LogP contribution in [0.25, 0.3) is 16.6 Å². The van der Waals surface area contributed by atoms with E-state index in [-0.39, 0.29) is 28.7 Å². The molecule has 0 atom stereocenters. The smallest absolute Gasteiger partial charge is 0.407 e. The van der Waals surface area contributed by atoms with E-state index in [2.05, 4.69) is 21.7 Å². The molecule has 0 bridgehead atoms. The van der Waals surface area contributed by atoms with Crippen LogP contribution in [-0.4, -0.2) is 144 Å². The number of amides is 1. The van der Waals surface area contributed by atoms with E-state index in [1.165, 1.54) is 12.1 Å². The Balaban J connectivity index is 1.06. The van der Waals surface area contributed by atoms with E-state index in [0.717, 1.165) is 53.8 Å². The molecule has 0 unspecified atom stereocenters. The number of phenols is 1. The van der Waals surface area contributed by atoms with Crippen LogP contribution in [0.15, 0.2) is 65.9 Å². The van der Waals surface area contributed by atoms with Crippen molar-refractivity contribution >= 4 is 40.4 Å². The summed E-state index contributed by atoms with van der Waals surface area (Å²) in [7, 11) is 1.64. The predicted molar refractivity (Wildman–Crippen MR) is 245 cm³/mol. The number of ether oxygens (including phenoxy) is 9. The summed E-state index contributed by atoms with van der Waals surface area (Å²) >= 11 is 6.39. The third-order valence-corrected chi connectivity index (χ3v) is 10.2. The van der Waals surface area contributed by atoms with Crippen LogP contribution < -0.4 is 21.1 Å². The summed E-state index contributed by atoms with van der Waals surface area (Å²) in [5.74, 6) is 0.966. The van der Waals surface area contributed by atoms with Crippen molar-refractivity contribution in [1.82, 2.24) is 14.9 Å². The molecule has 5 N–H and O–H groups in total. The molecular formula is C46H65ClN6O11. The Morgan fingerprint density at radius 3 is 1.88 bits per heavy atom. The lowest BCUT2D eigenvalue weighted by Crippen LogP contribution is -2.42. The maximum Gasteiger partial charge on any atom is 0.407 e. The largest absolute Gasteiger partial charge is 0.508 e. The van der Waals surface area contributed by atoms with Gasteiger partial charge in [-0.2, -0.15) is 5.10 Å². The molecule has 2 aromatic heterocycles. The minimum absolute atomic E-state index is 0.0155. The van der Waals surface area contributed by atoms with E-state index in [0.29, 0.717) is 104 Å². The summed E-state index contributed by atoms with van der Waals surface area (Å²) in [6.45, 7) is 12.5. The van der Waals surface area contributed by atoms with Gasteiger partial charge in [-0.3, -0.25) is 0 Å². The summed E-state index contributed by atoms with van der Waals surface area (Å²) in [6, 6.07) is 14.6. The van der Waals surface area contributed by atoms with Gasteiger partial charge in [0.05, 0.1) is 120 Å². The molecule has 1 fully saturated rings. The third kappa shape index (κ3) is 17.7. The van der Waals surface area contributed by atoms with Crippen molar-refractivity contribution in [3.8, 4) is 22.6 Å². The van der Waals surface area contributed by atoms with E-state index >= 15 is 0 Å². The van der Waals surface area contributed by atoms with Crippen LogP contribution in [0.3, 0.4) is 0 Å². The molecule has 4 aromatic rings. The van der Waals surface area contributed by atoms with Crippen LogP contribution in [0.1, 0.15) is 52.0 Å². The molecule has 2 aromatic carbocycles. The number of carbonyl (C=O) groups is 1. The van der Waals surface area contributed by atoms with Crippen molar-refractivity contribution in [3.05, 3.63) is 71.5 Å². The summed E-state index contributed by atoms with van der Waals surface area (Å²) < 4.78 is 51.2. The fourth-order valence-corrected chi connectivity index (χ4v) is 6.92. The second-order valence-corrected chi connectivity index (χ2v) is 16.4. The molecule has 0 saturated heterocycles. The normalized spacial score (nSPS) is 15.7. The highest BCUT2D eigenvalue weighted by atomic mass is 35.5. The molecule has 1 aliphatic rings. The number of alkyl carbamates (subject to hydrolysis) is 1. The zero-order chi connectivity index (χ0) is 45.6. The van der Waals surface area contributed by atoms with Gasteiger partial charge in [0, 0.05) is 37.0 Å². The zero-order valence-corrected chi connectivity index (χ0v) is 38.2. The predicted octanol–water partition coefficient (Wildman–Crippen LogP) is 6.77. The number of anilines is 1. The first-order valence-electron chi connectivity index (χ1n) is 21.8. The molecule has 5 rings (SSSR count). The molecule has 1 amide bonds. The molecule has 0 aliphatic heterocycles. The summed E-state index contributed by atoms with van der Waals surface area (Å²) in [6.07, 6.45) is 6.42. The number of hydrogen-bond acceptors (Lipinski definition) is 14. The molecule has 0 radical (unpaired) electrons.